The number of benzene rings is 6. The maximum absolute atomic E-state index is 15.4. The Morgan fingerprint density at radius 2 is 1.23 bits per heavy atom. The van der Waals surface area contributed by atoms with Crippen LogP contribution in [0.3, 0.4) is 0 Å². The maximum Gasteiger partial charge on any atom is 0.251 e. The third-order valence-corrected chi connectivity index (χ3v) is 11.4. The molecule has 2 aliphatic heterocycles. The molecule has 2 heterocycles. The van der Waals surface area contributed by atoms with Crippen molar-refractivity contribution in [2.24, 2.45) is 0 Å². The molecule has 0 saturated carbocycles. The summed E-state index contributed by atoms with van der Waals surface area (Å²) in [4.78, 5) is 53.6. The largest absolute Gasteiger partial charge is 0.356 e. The third kappa shape index (κ3) is 4.83. The Bertz CT molecular complexity index is 2950. The number of ketones is 1. The van der Waals surface area contributed by atoms with Gasteiger partial charge in [0.1, 0.15) is 0 Å². The van der Waals surface area contributed by atoms with Crippen molar-refractivity contribution in [2.45, 2.75) is 19.8 Å². The van der Waals surface area contributed by atoms with Gasteiger partial charge in [-0.05, 0) is 62.8 Å². The molecule has 1 unspecified atom stereocenters. The number of allylic oxidation sites excluding steroid dienone is 2. The highest BCUT2D eigenvalue weighted by Crippen LogP contribution is 2.58. The number of Topliss-reactive ketones (excluding diaryl/α,β-unsaturated/α-hetero) is 1. The van der Waals surface area contributed by atoms with E-state index in [4.69, 9.17) is 12.0 Å². The first-order valence-electron chi connectivity index (χ1n) is 18.3. The normalized spacial score (nSPS) is 16.0. The lowest BCUT2D eigenvalue weighted by molar-refractivity contribution is -0.116. The number of amides is 2. The van der Waals surface area contributed by atoms with Gasteiger partial charge in [0.2, 0.25) is 11.8 Å². The molecule has 0 fully saturated rings. The van der Waals surface area contributed by atoms with E-state index in [2.05, 4.69) is 59.1 Å². The Morgan fingerprint density at radius 3 is 1.77 bits per heavy atom. The Morgan fingerprint density at radius 1 is 0.732 bits per heavy atom. The number of hydrogen-bond acceptors (Lipinski definition) is 8. The summed E-state index contributed by atoms with van der Waals surface area (Å²) < 4.78 is 0. The first-order chi connectivity index (χ1) is 26.9. The second-order valence-corrected chi connectivity index (χ2v) is 15.0. The molecule has 0 aromatic heterocycles. The summed E-state index contributed by atoms with van der Waals surface area (Å²) in [5.74, 6) is 0.412. The third-order valence-electron chi connectivity index (χ3n) is 11.4. The van der Waals surface area contributed by atoms with E-state index >= 15 is 4.79 Å². The molecule has 0 saturated heterocycles. The van der Waals surface area contributed by atoms with Gasteiger partial charge in [-0.15, -0.1) is 0 Å². The molecule has 0 spiro atoms. The molecular weight excluding hydrogens is 701 g/mol. The van der Waals surface area contributed by atoms with Gasteiger partial charge in [-0.3, -0.25) is 19.8 Å². The summed E-state index contributed by atoms with van der Waals surface area (Å²) in [6.45, 7) is 12.3. The summed E-state index contributed by atoms with van der Waals surface area (Å²) in [7, 11) is 8.05. The molecule has 6 aromatic rings. The number of hydrogen-bond donors (Lipinski definition) is 3. The molecule has 1 aliphatic carbocycles. The van der Waals surface area contributed by atoms with Crippen molar-refractivity contribution < 1.29 is 14.4 Å². The van der Waals surface area contributed by atoms with Gasteiger partial charge >= 0.3 is 0 Å². The van der Waals surface area contributed by atoms with Gasteiger partial charge in [-0.25, -0.2) is 4.85 Å². The van der Waals surface area contributed by atoms with Gasteiger partial charge in [0, 0.05) is 91.8 Å². The van der Waals surface area contributed by atoms with E-state index in [0.29, 0.717) is 41.4 Å². The number of carbonyl (C=O) groups excluding carboxylic acids is 3. The Labute approximate surface area is 323 Å². The second kappa shape index (κ2) is 12.4. The molecule has 11 heteroatoms. The first-order valence-corrected chi connectivity index (χ1v) is 18.3. The molecule has 6 aromatic carbocycles. The average Bonchev–Trinajstić information content (AvgIpc) is 3.16. The summed E-state index contributed by atoms with van der Waals surface area (Å²) in [5.41, 5.74) is 6.14. The molecule has 1 atom stereocenters. The zero-order valence-corrected chi connectivity index (χ0v) is 31.9. The molecule has 3 aliphatic rings. The summed E-state index contributed by atoms with van der Waals surface area (Å²) in [6, 6.07) is 24.1. The quantitative estimate of drug-likeness (QED) is 0.0931. The van der Waals surface area contributed by atoms with Crippen LogP contribution in [0.15, 0.2) is 84.1 Å². The fourth-order valence-corrected chi connectivity index (χ4v) is 9.35. The lowest BCUT2D eigenvalue weighted by Crippen LogP contribution is -2.37. The van der Waals surface area contributed by atoms with Crippen molar-refractivity contribution in [3.8, 4) is 0 Å². The Balaban J connectivity index is 1.44. The van der Waals surface area contributed by atoms with Crippen LogP contribution in [0.25, 0.3) is 53.5 Å². The van der Waals surface area contributed by atoms with Crippen molar-refractivity contribution in [1.29, 1.82) is 5.41 Å². The van der Waals surface area contributed by atoms with Crippen molar-refractivity contribution in [3.63, 3.8) is 0 Å². The topological polar surface area (TPSA) is 116 Å². The Kier molecular flexibility index (Phi) is 7.69. The smallest absolute Gasteiger partial charge is 0.251 e. The molecule has 0 bridgehead atoms. The van der Waals surface area contributed by atoms with Crippen LogP contribution in [-0.2, 0) is 14.4 Å². The van der Waals surface area contributed by atoms with Gasteiger partial charge in [-0.1, -0.05) is 48.5 Å². The van der Waals surface area contributed by atoms with Gasteiger partial charge < -0.3 is 30.2 Å². The predicted molar refractivity (Wildman–Crippen MR) is 227 cm³/mol. The second-order valence-electron chi connectivity index (χ2n) is 15.0. The molecule has 56 heavy (non-hydrogen) atoms. The number of nitrogens with zero attached hydrogens (tertiary/aromatic N) is 5. The fourth-order valence-electron chi connectivity index (χ4n) is 9.35. The molecular formula is C45H38N8O3. The van der Waals surface area contributed by atoms with E-state index in [1.807, 2.05) is 82.8 Å². The number of rotatable bonds is 5. The Hall–Kier alpha value is -7.15. The molecule has 2 amide bonds. The zero-order valence-electron chi connectivity index (χ0n) is 31.9. The molecule has 0 radical (unpaired) electrons. The van der Waals surface area contributed by atoms with E-state index in [1.54, 1.807) is 0 Å². The average molecular weight is 739 g/mol. The van der Waals surface area contributed by atoms with E-state index in [0.717, 1.165) is 65.8 Å². The highest BCUT2D eigenvalue weighted by Gasteiger charge is 2.47. The van der Waals surface area contributed by atoms with Crippen LogP contribution in [0.1, 0.15) is 30.9 Å². The molecule has 11 nitrogen and oxygen atoms in total. The number of anilines is 6. The van der Waals surface area contributed by atoms with Crippen LogP contribution in [0.4, 0.5) is 34.1 Å². The number of nitrogens with one attached hydrogen (secondary N) is 3. The fraction of sp³-hybridized carbons (Fsp3) is 0.200. The minimum Gasteiger partial charge on any atom is -0.356 e. The molecule has 276 valence electrons. The van der Waals surface area contributed by atoms with E-state index in [-0.39, 0.29) is 28.9 Å². The number of carbonyl (C=O) groups is 3. The SMILES string of the molecule is [C-]#[N+]C(=C=N)C1=C(c2c(NC(C)=O)cc3c4c(c5ccccc5cc24)N(C)CN3C)C(=O)C1c1c(NC(C)=O)cc2c3c(c4ccccc4cc13)N(C)CN2C. The van der Waals surface area contributed by atoms with Crippen LogP contribution < -0.4 is 30.2 Å². The van der Waals surface area contributed by atoms with Crippen LogP contribution in [-0.4, -0.2) is 65.0 Å². The summed E-state index contributed by atoms with van der Waals surface area (Å²) in [6.07, 6.45) is 0. The van der Waals surface area contributed by atoms with Gasteiger partial charge in [0.05, 0.1) is 42.9 Å². The van der Waals surface area contributed by atoms with Crippen LogP contribution in [0, 0.1) is 12.0 Å². The minimum absolute atomic E-state index is 0.119. The lowest BCUT2D eigenvalue weighted by atomic mass is 9.66. The monoisotopic (exact) mass is 738 g/mol. The van der Waals surface area contributed by atoms with E-state index < -0.39 is 5.92 Å². The van der Waals surface area contributed by atoms with Gasteiger partial charge in [-0.2, -0.15) is 0 Å². The van der Waals surface area contributed by atoms with Crippen LogP contribution >= 0.6 is 0 Å². The highest BCUT2D eigenvalue weighted by molar-refractivity contribution is 6.40. The highest BCUT2D eigenvalue weighted by atomic mass is 16.2. The summed E-state index contributed by atoms with van der Waals surface area (Å²) in [5, 5.41) is 21.8. The van der Waals surface area contributed by atoms with Crippen molar-refractivity contribution >= 4 is 106 Å². The molecule has 3 N–H and O–H groups in total. The van der Waals surface area contributed by atoms with Crippen molar-refractivity contribution in [3.05, 3.63) is 107 Å². The van der Waals surface area contributed by atoms with Gasteiger partial charge in [0.15, 0.2) is 5.78 Å². The van der Waals surface area contributed by atoms with E-state index in [1.165, 1.54) is 13.8 Å². The summed E-state index contributed by atoms with van der Waals surface area (Å²) >= 11 is 0. The van der Waals surface area contributed by atoms with Crippen LogP contribution in [0.5, 0.6) is 0 Å². The van der Waals surface area contributed by atoms with Gasteiger partial charge in [0.25, 0.3) is 5.70 Å². The van der Waals surface area contributed by atoms with Crippen molar-refractivity contribution in [1.82, 2.24) is 0 Å². The number of fused-ring (bicyclic) bond motifs is 4. The first kappa shape index (κ1) is 34.6. The predicted octanol–water partition coefficient (Wildman–Crippen LogP) is 8.07. The van der Waals surface area contributed by atoms with Crippen LogP contribution in [0.2, 0.25) is 0 Å². The lowest BCUT2D eigenvalue weighted by Gasteiger charge is -2.40. The molecule has 9 rings (SSSR count). The van der Waals surface area contributed by atoms with Crippen molar-refractivity contribution in [2.75, 3.05) is 71.8 Å². The zero-order chi connectivity index (χ0) is 39.3. The maximum atomic E-state index is 15.4. The minimum atomic E-state index is -1.03. The van der Waals surface area contributed by atoms with E-state index in [9.17, 15) is 9.59 Å². The standard InChI is InChI=1S/C45H38N8O3/c1-23(54)48-31-18-34-38-29(16-25-12-8-10-14-27(25)43(38)52(6)21-50(34)4)36(31)41-40(33(20-46)47-3)42(45(41)56)37-30-17-26-13-9-11-15-28(26)44-39(30)35(51(5)22-53(44)7)19-32(37)49-24(2)55/h8-19,41,46H,21-22H2,1-2,4-7H3,(H,48,54)(H,49,55).